The van der Waals surface area contributed by atoms with Crippen molar-refractivity contribution < 1.29 is 22.7 Å². The summed E-state index contributed by atoms with van der Waals surface area (Å²) < 4.78 is 39.2. The van der Waals surface area contributed by atoms with Gasteiger partial charge in [-0.25, -0.2) is 12.8 Å². The third-order valence-corrected chi connectivity index (χ3v) is 5.93. The Bertz CT molecular complexity index is 642. The summed E-state index contributed by atoms with van der Waals surface area (Å²) in [7, 11) is -3.77. The molecule has 1 fully saturated rings. The van der Waals surface area contributed by atoms with E-state index in [4.69, 9.17) is 16.7 Å². The second kappa shape index (κ2) is 6.29. The van der Waals surface area contributed by atoms with Gasteiger partial charge in [0.15, 0.2) is 0 Å². The topological polar surface area (TPSA) is 74.7 Å². The first kappa shape index (κ1) is 16.2. The van der Waals surface area contributed by atoms with Gasteiger partial charge in [0, 0.05) is 19.5 Å². The summed E-state index contributed by atoms with van der Waals surface area (Å²) in [6, 6.07) is 3.16. The van der Waals surface area contributed by atoms with Crippen LogP contribution in [0.4, 0.5) is 4.39 Å². The van der Waals surface area contributed by atoms with E-state index < -0.39 is 21.8 Å². The highest BCUT2D eigenvalue weighted by Crippen LogP contribution is 2.29. The van der Waals surface area contributed by atoms with Crippen molar-refractivity contribution in [2.75, 3.05) is 13.1 Å². The lowest BCUT2D eigenvalue weighted by Crippen LogP contribution is -2.39. The maximum atomic E-state index is 13.0. The summed E-state index contributed by atoms with van der Waals surface area (Å²) in [6.45, 7) is 0.488. The first-order valence-corrected chi connectivity index (χ1v) is 8.29. The summed E-state index contributed by atoms with van der Waals surface area (Å²) in [6.07, 6.45) is 1.03. The van der Waals surface area contributed by atoms with Crippen LogP contribution in [0.5, 0.6) is 0 Å². The molecule has 1 aliphatic rings. The molecule has 5 nitrogen and oxygen atoms in total. The van der Waals surface area contributed by atoms with E-state index >= 15 is 0 Å². The molecule has 2 rings (SSSR count). The highest BCUT2D eigenvalue weighted by atomic mass is 35.5. The highest BCUT2D eigenvalue weighted by molar-refractivity contribution is 7.89. The normalized spacial score (nSPS) is 17.8. The van der Waals surface area contributed by atoms with Gasteiger partial charge in [0.2, 0.25) is 10.0 Å². The van der Waals surface area contributed by atoms with Gasteiger partial charge in [0.25, 0.3) is 0 Å². The molecule has 0 bridgehead atoms. The molecular formula is C13H15ClFNO4S. The fourth-order valence-corrected chi connectivity index (χ4v) is 4.40. The maximum Gasteiger partial charge on any atom is 0.303 e. The highest BCUT2D eigenvalue weighted by Gasteiger charge is 2.31. The number of benzene rings is 1. The maximum absolute atomic E-state index is 13.0. The van der Waals surface area contributed by atoms with Gasteiger partial charge >= 0.3 is 5.97 Å². The number of aliphatic carboxylic acids is 1. The van der Waals surface area contributed by atoms with E-state index in [1.165, 1.54) is 4.31 Å². The zero-order valence-corrected chi connectivity index (χ0v) is 12.7. The van der Waals surface area contributed by atoms with Gasteiger partial charge in [0.05, 0.1) is 5.02 Å². The molecule has 1 aliphatic heterocycles. The van der Waals surface area contributed by atoms with Gasteiger partial charge in [-0.1, -0.05) is 11.6 Å². The molecule has 8 heteroatoms. The van der Waals surface area contributed by atoms with Crippen LogP contribution in [0.2, 0.25) is 5.02 Å². The van der Waals surface area contributed by atoms with Crippen LogP contribution in [0.1, 0.15) is 19.3 Å². The van der Waals surface area contributed by atoms with E-state index in [-0.39, 0.29) is 35.3 Å². The van der Waals surface area contributed by atoms with Gasteiger partial charge in [-0.2, -0.15) is 4.31 Å². The van der Waals surface area contributed by atoms with Crippen LogP contribution in [0.25, 0.3) is 0 Å². The fraction of sp³-hybridized carbons (Fsp3) is 0.462. The van der Waals surface area contributed by atoms with Crippen LogP contribution in [0.15, 0.2) is 23.1 Å². The summed E-state index contributed by atoms with van der Waals surface area (Å²) in [4.78, 5) is 10.5. The van der Waals surface area contributed by atoms with Crippen molar-refractivity contribution in [2.24, 2.45) is 5.92 Å². The smallest absolute Gasteiger partial charge is 0.303 e. The van der Waals surface area contributed by atoms with Crippen LogP contribution >= 0.6 is 11.6 Å². The molecule has 1 heterocycles. The lowest BCUT2D eigenvalue weighted by atomic mass is 9.95. The fourth-order valence-electron chi connectivity index (χ4n) is 2.42. The van der Waals surface area contributed by atoms with E-state index in [1.807, 2.05) is 0 Å². The minimum atomic E-state index is -3.77. The first-order valence-electron chi connectivity index (χ1n) is 6.47. The summed E-state index contributed by atoms with van der Waals surface area (Å²) in [5, 5.41) is 8.60. The number of rotatable bonds is 4. The molecule has 0 aromatic heterocycles. The van der Waals surface area contributed by atoms with Gasteiger partial charge < -0.3 is 5.11 Å². The molecule has 21 heavy (non-hydrogen) atoms. The second-order valence-corrected chi connectivity index (χ2v) is 7.33. The standard InChI is InChI=1S/C13H15ClFNO4S/c14-11-8-10(15)1-2-12(11)21(19,20)16-5-3-9(4-6-16)7-13(17)18/h1-2,8-9H,3-7H2,(H,17,18). The van der Waals surface area contributed by atoms with Gasteiger partial charge in [0.1, 0.15) is 10.7 Å². The average molecular weight is 336 g/mol. The second-order valence-electron chi connectivity index (χ2n) is 5.02. The van der Waals surface area contributed by atoms with Crippen LogP contribution in [-0.2, 0) is 14.8 Å². The van der Waals surface area contributed by atoms with E-state index in [9.17, 15) is 17.6 Å². The lowest BCUT2D eigenvalue weighted by Gasteiger charge is -2.30. The van der Waals surface area contributed by atoms with E-state index in [0.717, 1.165) is 18.2 Å². The van der Waals surface area contributed by atoms with Gasteiger partial charge in [-0.15, -0.1) is 0 Å². The van der Waals surface area contributed by atoms with Crippen LogP contribution in [0, 0.1) is 11.7 Å². The number of halogens is 2. The molecule has 0 spiro atoms. The van der Waals surface area contributed by atoms with Crippen molar-refractivity contribution in [2.45, 2.75) is 24.2 Å². The van der Waals surface area contributed by atoms with Crippen molar-refractivity contribution in [3.63, 3.8) is 0 Å². The number of hydrogen-bond acceptors (Lipinski definition) is 3. The summed E-state index contributed by atoms with van der Waals surface area (Å²) >= 11 is 5.81. The van der Waals surface area contributed by atoms with E-state index in [1.54, 1.807) is 0 Å². The molecule has 0 unspecified atom stereocenters. The number of hydrogen-bond donors (Lipinski definition) is 1. The number of sulfonamides is 1. The Morgan fingerprint density at radius 1 is 1.38 bits per heavy atom. The number of carboxylic acid groups (broad SMARTS) is 1. The molecule has 1 aromatic carbocycles. The Kier molecular flexibility index (Phi) is 4.85. The largest absolute Gasteiger partial charge is 0.481 e. The molecule has 0 aliphatic carbocycles. The van der Waals surface area contributed by atoms with Gasteiger partial charge in [-0.3, -0.25) is 4.79 Å². The Hall–Kier alpha value is -1.18. The zero-order valence-electron chi connectivity index (χ0n) is 11.1. The lowest BCUT2D eigenvalue weighted by molar-refractivity contribution is -0.138. The van der Waals surface area contributed by atoms with Crippen molar-refractivity contribution in [1.29, 1.82) is 0 Å². The number of nitrogens with zero attached hydrogens (tertiary/aromatic N) is 1. The molecular weight excluding hydrogens is 321 g/mol. The zero-order chi connectivity index (χ0) is 15.6. The first-order chi connectivity index (χ1) is 9.80. The van der Waals surface area contributed by atoms with Crippen LogP contribution in [0.3, 0.4) is 0 Å². The van der Waals surface area contributed by atoms with Crippen molar-refractivity contribution in [3.8, 4) is 0 Å². The SMILES string of the molecule is O=C(O)CC1CCN(S(=O)(=O)c2ccc(F)cc2Cl)CC1. The predicted molar refractivity (Wildman–Crippen MR) is 75.1 cm³/mol. The molecule has 0 amide bonds. The summed E-state index contributed by atoms with van der Waals surface area (Å²) in [5.41, 5.74) is 0. The van der Waals surface area contributed by atoms with Crippen LogP contribution in [-0.4, -0.2) is 36.9 Å². The quantitative estimate of drug-likeness (QED) is 0.916. The molecule has 1 N–H and O–H groups in total. The monoisotopic (exact) mass is 335 g/mol. The minimum Gasteiger partial charge on any atom is -0.481 e. The van der Waals surface area contributed by atoms with Crippen molar-refractivity contribution in [3.05, 3.63) is 29.0 Å². The molecule has 116 valence electrons. The van der Waals surface area contributed by atoms with E-state index in [0.29, 0.717) is 12.8 Å². The number of piperidine rings is 1. The Labute approximate surface area is 127 Å². The van der Waals surface area contributed by atoms with Gasteiger partial charge in [-0.05, 0) is 37.0 Å². The van der Waals surface area contributed by atoms with Crippen molar-refractivity contribution >= 4 is 27.6 Å². The molecule has 1 saturated heterocycles. The average Bonchev–Trinajstić information content (AvgIpc) is 2.38. The van der Waals surface area contributed by atoms with Crippen molar-refractivity contribution in [1.82, 2.24) is 4.31 Å². The number of carbonyl (C=O) groups is 1. The molecule has 0 saturated carbocycles. The van der Waals surface area contributed by atoms with E-state index in [2.05, 4.69) is 0 Å². The predicted octanol–water partition coefficient (Wildman–Crippen LogP) is 2.35. The number of carboxylic acids is 1. The molecule has 1 aromatic rings. The third-order valence-electron chi connectivity index (χ3n) is 3.55. The Balaban J connectivity index is 2.13. The Morgan fingerprint density at radius 3 is 2.52 bits per heavy atom. The summed E-state index contributed by atoms with van der Waals surface area (Å²) in [5.74, 6) is -1.49. The minimum absolute atomic E-state index is 0.0161. The molecule has 0 radical (unpaired) electrons. The molecule has 0 atom stereocenters. The Morgan fingerprint density at radius 2 is 2.00 bits per heavy atom. The third kappa shape index (κ3) is 3.72. The van der Waals surface area contributed by atoms with Crippen LogP contribution < -0.4 is 0 Å².